The molecule has 0 heterocycles. The first-order chi connectivity index (χ1) is 9.56. The van der Waals surface area contributed by atoms with Gasteiger partial charge in [-0.2, -0.15) is 0 Å². The number of hydrogen-bond acceptors (Lipinski definition) is 2. The molecule has 0 bridgehead atoms. The van der Waals surface area contributed by atoms with Crippen molar-refractivity contribution in [2.75, 3.05) is 5.32 Å². The lowest BCUT2D eigenvalue weighted by Gasteiger charge is -2.10. The molecule has 2 aromatic carbocycles. The van der Waals surface area contributed by atoms with E-state index in [1.807, 2.05) is 12.1 Å². The van der Waals surface area contributed by atoms with Gasteiger partial charge in [0.25, 0.3) is 0 Å². The Labute approximate surface area is 124 Å². The zero-order valence-electron chi connectivity index (χ0n) is 10.6. The van der Waals surface area contributed by atoms with Gasteiger partial charge in [-0.05, 0) is 39.2 Å². The molecule has 0 aliphatic carbocycles. The first-order valence-corrected chi connectivity index (χ1v) is 6.83. The van der Waals surface area contributed by atoms with Crippen LogP contribution in [-0.4, -0.2) is 11.1 Å². The van der Waals surface area contributed by atoms with Crippen molar-refractivity contribution >= 4 is 27.6 Å². The summed E-state index contributed by atoms with van der Waals surface area (Å²) in [4.78, 5) is 10.6. The lowest BCUT2D eigenvalue weighted by molar-refractivity contribution is -0.136. The number of para-hydroxylation sites is 1. The highest BCUT2D eigenvalue weighted by Crippen LogP contribution is 2.25. The Morgan fingerprint density at radius 2 is 1.80 bits per heavy atom. The SMILES string of the molecule is O=C(O)Cc1ccc(CNc2c(F)cccc2Br)cc1. The van der Waals surface area contributed by atoms with Crippen LogP contribution < -0.4 is 5.32 Å². The Balaban J connectivity index is 2.02. The summed E-state index contributed by atoms with van der Waals surface area (Å²) in [5.74, 6) is -1.17. The van der Waals surface area contributed by atoms with Crippen LogP contribution in [0.5, 0.6) is 0 Å². The number of aliphatic carboxylic acids is 1. The molecule has 5 heteroatoms. The summed E-state index contributed by atoms with van der Waals surface area (Å²) in [5, 5.41) is 11.7. The molecule has 2 aromatic rings. The Morgan fingerprint density at radius 1 is 1.15 bits per heavy atom. The zero-order chi connectivity index (χ0) is 14.5. The molecule has 0 aliphatic heterocycles. The standard InChI is InChI=1S/C15H13BrFNO2/c16-12-2-1-3-13(17)15(12)18-9-11-6-4-10(5-7-11)8-14(19)20/h1-7,18H,8-9H2,(H,19,20). The normalized spacial score (nSPS) is 10.3. The number of rotatable bonds is 5. The summed E-state index contributed by atoms with van der Waals surface area (Å²) in [6, 6.07) is 12.0. The van der Waals surface area contributed by atoms with Crippen LogP contribution in [0.4, 0.5) is 10.1 Å². The van der Waals surface area contributed by atoms with Crippen molar-refractivity contribution in [3.05, 3.63) is 63.9 Å². The van der Waals surface area contributed by atoms with E-state index in [1.54, 1.807) is 24.3 Å². The van der Waals surface area contributed by atoms with Crippen molar-refractivity contribution in [2.45, 2.75) is 13.0 Å². The van der Waals surface area contributed by atoms with Gasteiger partial charge in [-0.15, -0.1) is 0 Å². The average molecular weight is 338 g/mol. The van der Waals surface area contributed by atoms with E-state index in [9.17, 15) is 9.18 Å². The molecule has 20 heavy (non-hydrogen) atoms. The fourth-order valence-corrected chi connectivity index (χ4v) is 2.29. The van der Waals surface area contributed by atoms with Crippen LogP contribution in [0.3, 0.4) is 0 Å². The molecule has 0 aromatic heterocycles. The maximum atomic E-state index is 13.6. The van der Waals surface area contributed by atoms with Crippen LogP contribution in [0, 0.1) is 5.82 Å². The van der Waals surface area contributed by atoms with Crippen LogP contribution >= 0.6 is 15.9 Å². The number of hydrogen-bond donors (Lipinski definition) is 2. The van der Waals surface area contributed by atoms with E-state index in [-0.39, 0.29) is 12.2 Å². The Kier molecular flexibility index (Phi) is 4.74. The number of halogens is 2. The second-order valence-corrected chi connectivity index (χ2v) is 5.19. The molecule has 0 aliphatic rings. The number of carboxylic acids is 1. The second-order valence-electron chi connectivity index (χ2n) is 4.34. The minimum absolute atomic E-state index is 0.00652. The van der Waals surface area contributed by atoms with Gasteiger partial charge in [-0.25, -0.2) is 4.39 Å². The third-order valence-electron chi connectivity index (χ3n) is 2.81. The van der Waals surface area contributed by atoms with Gasteiger partial charge >= 0.3 is 5.97 Å². The van der Waals surface area contributed by atoms with Crippen molar-refractivity contribution in [3.63, 3.8) is 0 Å². The summed E-state index contributed by atoms with van der Waals surface area (Å²) in [7, 11) is 0. The number of carboxylic acid groups (broad SMARTS) is 1. The highest BCUT2D eigenvalue weighted by Gasteiger charge is 2.06. The van der Waals surface area contributed by atoms with Crippen LogP contribution in [0.1, 0.15) is 11.1 Å². The van der Waals surface area contributed by atoms with Crippen molar-refractivity contribution in [1.29, 1.82) is 0 Å². The molecule has 0 amide bonds. The van der Waals surface area contributed by atoms with E-state index in [4.69, 9.17) is 5.11 Å². The quantitative estimate of drug-likeness (QED) is 0.871. The maximum Gasteiger partial charge on any atom is 0.307 e. The largest absolute Gasteiger partial charge is 0.481 e. The lowest BCUT2D eigenvalue weighted by atomic mass is 10.1. The Bertz CT molecular complexity index is 594. The summed E-state index contributed by atoms with van der Waals surface area (Å²) in [6.07, 6.45) is 0.00652. The van der Waals surface area contributed by atoms with Gasteiger partial charge in [-0.3, -0.25) is 4.79 Å². The highest BCUT2D eigenvalue weighted by atomic mass is 79.9. The van der Waals surface area contributed by atoms with E-state index in [0.29, 0.717) is 16.7 Å². The van der Waals surface area contributed by atoms with Crippen LogP contribution in [0.25, 0.3) is 0 Å². The smallest absolute Gasteiger partial charge is 0.307 e. The first kappa shape index (κ1) is 14.5. The van der Waals surface area contributed by atoms with Crippen molar-refractivity contribution in [1.82, 2.24) is 0 Å². The molecular formula is C15H13BrFNO2. The number of anilines is 1. The van der Waals surface area contributed by atoms with Gasteiger partial charge in [0.15, 0.2) is 0 Å². The van der Waals surface area contributed by atoms with Crippen molar-refractivity contribution in [3.8, 4) is 0 Å². The topological polar surface area (TPSA) is 49.3 Å². The monoisotopic (exact) mass is 337 g/mol. The zero-order valence-corrected chi connectivity index (χ0v) is 12.2. The molecule has 3 nitrogen and oxygen atoms in total. The number of nitrogens with one attached hydrogen (secondary N) is 1. The molecule has 0 fully saturated rings. The molecule has 0 saturated heterocycles. The Morgan fingerprint density at radius 3 is 2.40 bits per heavy atom. The molecule has 0 radical (unpaired) electrons. The molecule has 0 atom stereocenters. The molecule has 0 saturated carbocycles. The number of benzene rings is 2. The van der Waals surface area contributed by atoms with Gasteiger partial charge in [-0.1, -0.05) is 30.3 Å². The van der Waals surface area contributed by atoms with Gasteiger partial charge in [0.1, 0.15) is 5.82 Å². The summed E-state index contributed by atoms with van der Waals surface area (Å²) in [6.45, 7) is 0.465. The van der Waals surface area contributed by atoms with Crippen LogP contribution in [0.15, 0.2) is 46.9 Å². The van der Waals surface area contributed by atoms with Crippen LogP contribution in [0.2, 0.25) is 0 Å². The third-order valence-corrected chi connectivity index (χ3v) is 3.47. The second kappa shape index (κ2) is 6.52. The van der Waals surface area contributed by atoms with Gasteiger partial charge in [0, 0.05) is 11.0 Å². The minimum atomic E-state index is -0.855. The number of carbonyl (C=O) groups is 1. The van der Waals surface area contributed by atoms with Gasteiger partial charge < -0.3 is 10.4 Å². The molecule has 2 N–H and O–H groups in total. The lowest BCUT2D eigenvalue weighted by Crippen LogP contribution is -2.03. The van der Waals surface area contributed by atoms with Crippen LogP contribution in [-0.2, 0) is 17.8 Å². The summed E-state index contributed by atoms with van der Waals surface area (Å²) < 4.78 is 14.3. The maximum absolute atomic E-state index is 13.6. The van der Waals surface area contributed by atoms with E-state index in [2.05, 4.69) is 21.2 Å². The highest BCUT2D eigenvalue weighted by molar-refractivity contribution is 9.10. The first-order valence-electron chi connectivity index (χ1n) is 6.04. The minimum Gasteiger partial charge on any atom is -0.481 e. The van der Waals surface area contributed by atoms with Gasteiger partial charge in [0.05, 0.1) is 12.1 Å². The third kappa shape index (κ3) is 3.81. The Hall–Kier alpha value is -1.88. The van der Waals surface area contributed by atoms with Gasteiger partial charge in [0.2, 0.25) is 0 Å². The van der Waals surface area contributed by atoms with E-state index < -0.39 is 5.97 Å². The van der Waals surface area contributed by atoms with Crippen molar-refractivity contribution in [2.24, 2.45) is 0 Å². The van der Waals surface area contributed by atoms with E-state index in [0.717, 1.165) is 11.1 Å². The predicted octanol–water partition coefficient (Wildman–Crippen LogP) is 3.83. The van der Waals surface area contributed by atoms with E-state index in [1.165, 1.54) is 6.07 Å². The molecule has 2 rings (SSSR count). The summed E-state index contributed by atoms with van der Waals surface area (Å²) >= 11 is 3.29. The van der Waals surface area contributed by atoms with Crippen molar-refractivity contribution < 1.29 is 14.3 Å². The fourth-order valence-electron chi connectivity index (χ4n) is 1.81. The summed E-state index contributed by atoms with van der Waals surface area (Å²) in [5.41, 5.74) is 2.12. The molecular weight excluding hydrogens is 325 g/mol. The molecule has 104 valence electrons. The molecule has 0 unspecified atom stereocenters. The van der Waals surface area contributed by atoms with E-state index >= 15 is 0 Å². The predicted molar refractivity (Wildman–Crippen MR) is 79.2 cm³/mol. The average Bonchev–Trinajstić information content (AvgIpc) is 2.39. The molecule has 0 spiro atoms. The fraction of sp³-hybridized carbons (Fsp3) is 0.133.